The van der Waals surface area contributed by atoms with E-state index in [1.807, 2.05) is 27.7 Å². The van der Waals surface area contributed by atoms with Gasteiger partial charge in [-0.3, -0.25) is 0 Å². The number of aliphatic hydroxyl groups is 4. The zero-order chi connectivity index (χ0) is 30.1. The van der Waals surface area contributed by atoms with E-state index in [0.29, 0.717) is 19.8 Å². The highest BCUT2D eigenvalue weighted by Crippen LogP contribution is 2.53. The number of ether oxygens (including phenoxy) is 6. The van der Waals surface area contributed by atoms with Crippen molar-refractivity contribution < 1.29 is 48.8 Å². The van der Waals surface area contributed by atoms with Gasteiger partial charge in [0.25, 0.3) is 0 Å². The van der Waals surface area contributed by atoms with Crippen molar-refractivity contribution >= 4 is 0 Å². The lowest BCUT2D eigenvalue weighted by atomic mass is 9.76. The molecule has 4 saturated heterocycles. The quantitative estimate of drug-likeness (QED) is 0.139. The number of unbranched alkanes of at least 4 members (excludes halogenated alkanes) is 6. The average Bonchev–Trinajstić information content (AvgIpc) is 3.72. The van der Waals surface area contributed by atoms with Crippen LogP contribution in [0.15, 0.2) is 0 Å². The Morgan fingerprint density at radius 3 is 1.83 bits per heavy atom. The fourth-order valence-corrected chi connectivity index (χ4v) is 7.14. The molecule has 10 atom stereocenters. The Morgan fingerprint density at radius 1 is 0.707 bits per heavy atom. The van der Waals surface area contributed by atoms with Crippen LogP contribution in [0.1, 0.15) is 86.5 Å². The SMILES string of the molecule is CC(C)(COCCCCCCCCCOCC1(C)OC1C(C)(C)C1OCC(O)C1O)C1OC1(C)C1OCC(O)C1O. The average molecular weight is 589 g/mol. The van der Waals surface area contributed by atoms with Crippen LogP contribution in [0, 0.1) is 10.8 Å². The fraction of sp³-hybridized carbons (Fsp3) is 1.00. The van der Waals surface area contributed by atoms with Gasteiger partial charge in [-0.05, 0) is 26.7 Å². The molecule has 0 saturated carbocycles. The molecule has 10 unspecified atom stereocenters. The Kier molecular flexibility index (Phi) is 10.9. The standard InChI is InChI=1S/C31H56O10/c1-28(2,26-31(6,41-26)25-23(35)21(33)17-39-25)18-36-14-12-10-8-7-9-11-13-15-37-19-30(5)27(40-30)29(3,4)24-22(34)20(32)16-38-24/h20-27,32-35H,7-19H2,1-6H3. The van der Waals surface area contributed by atoms with E-state index in [0.717, 1.165) is 32.3 Å². The van der Waals surface area contributed by atoms with Crippen molar-refractivity contribution in [3.05, 3.63) is 0 Å². The molecular formula is C31H56O10. The van der Waals surface area contributed by atoms with Crippen molar-refractivity contribution in [2.45, 2.75) is 147 Å². The summed E-state index contributed by atoms with van der Waals surface area (Å²) in [5.74, 6) is 0. The minimum absolute atomic E-state index is 0.0761. The molecule has 4 fully saturated rings. The van der Waals surface area contributed by atoms with Gasteiger partial charge in [0, 0.05) is 24.0 Å². The van der Waals surface area contributed by atoms with E-state index < -0.39 is 47.6 Å². The van der Waals surface area contributed by atoms with Gasteiger partial charge in [-0.15, -0.1) is 0 Å². The molecular weight excluding hydrogens is 532 g/mol. The highest BCUT2D eigenvalue weighted by atomic mass is 16.7. The normalized spacial score (nSPS) is 40.8. The summed E-state index contributed by atoms with van der Waals surface area (Å²) in [6, 6.07) is 0. The first-order valence-electron chi connectivity index (χ1n) is 15.7. The molecule has 0 spiro atoms. The summed E-state index contributed by atoms with van der Waals surface area (Å²) in [5, 5.41) is 40.1. The Hall–Kier alpha value is -0.400. The van der Waals surface area contributed by atoms with Gasteiger partial charge in [0.15, 0.2) is 0 Å². The van der Waals surface area contributed by atoms with Crippen molar-refractivity contribution in [1.29, 1.82) is 0 Å². The second-order valence-electron chi connectivity index (χ2n) is 14.5. The van der Waals surface area contributed by atoms with Crippen molar-refractivity contribution in [3.63, 3.8) is 0 Å². The molecule has 0 aliphatic carbocycles. The number of rotatable bonds is 18. The van der Waals surface area contributed by atoms with Crippen LogP contribution in [-0.4, -0.2) is 120 Å². The second kappa shape index (κ2) is 13.3. The Labute approximate surface area is 246 Å². The van der Waals surface area contributed by atoms with E-state index in [4.69, 9.17) is 28.4 Å². The summed E-state index contributed by atoms with van der Waals surface area (Å²) in [4.78, 5) is 0. The lowest BCUT2D eigenvalue weighted by molar-refractivity contribution is -0.0522. The Bertz CT molecular complexity index is 838. The monoisotopic (exact) mass is 588 g/mol. The molecule has 4 N–H and O–H groups in total. The summed E-state index contributed by atoms with van der Waals surface area (Å²) < 4.78 is 35.2. The lowest BCUT2D eigenvalue weighted by Crippen LogP contribution is -2.45. The van der Waals surface area contributed by atoms with Gasteiger partial charge >= 0.3 is 0 Å². The van der Waals surface area contributed by atoms with Crippen molar-refractivity contribution in [2.75, 3.05) is 39.6 Å². The molecule has 0 aromatic carbocycles. The largest absolute Gasteiger partial charge is 0.388 e. The highest BCUT2D eigenvalue weighted by Gasteiger charge is 2.67. The van der Waals surface area contributed by atoms with Crippen LogP contribution >= 0.6 is 0 Å². The van der Waals surface area contributed by atoms with Gasteiger partial charge in [-0.25, -0.2) is 0 Å². The number of epoxide rings is 2. The van der Waals surface area contributed by atoms with Crippen LogP contribution in [0.3, 0.4) is 0 Å². The first kappa shape index (κ1) is 33.5. The summed E-state index contributed by atoms with van der Waals surface area (Å²) in [7, 11) is 0. The van der Waals surface area contributed by atoms with E-state index in [1.165, 1.54) is 19.3 Å². The molecule has 4 aliphatic heterocycles. The zero-order valence-electron chi connectivity index (χ0n) is 26.0. The van der Waals surface area contributed by atoms with Crippen LogP contribution in [0.4, 0.5) is 0 Å². The maximum Gasteiger partial charge on any atom is 0.121 e. The first-order valence-corrected chi connectivity index (χ1v) is 15.7. The Morgan fingerprint density at radius 2 is 1.27 bits per heavy atom. The number of hydrogen-bond donors (Lipinski definition) is 4. The molecule has 0 aromatic heterocycles. The summed E-state index contributed by atoms with van der Waals surface area (Å²) in [6.07, 6.45) is 3.39. The molecule has 41 heavy (non-hydrogen) atoms. The van der Waals surface area contributed by atoms with E-state index in [2.05, 4.69) is 13.8 Å². The molecule has 0 amide bonds. The summed E-state index contributed by atoms with van der Waals surface area (Å²) in [5.41, 5.74) is -1.58. The van der Waals surface area contributed by atoms with E-state index >= 15 is 0 Å². The third-order valence-corrected chi connectivity index (χ3v) is 9.65. The van der Waals surface area contributed by atoms with Gasteiger partial charge in [0.1, 0.15) is 41.7 Å². The van der Waals surface area contributed by atoms with Gasteiger partial charge in [0.2, 0.25) is 0 Å². The predicted molar refractivity (Wildman–Crippen MR) is 152 cm³/mol. The zero-order valence-corrected chi connectivity index (χ0v) is 26.0. The van der Waals surface area contributed by atoms with E-state index in [9.17, 15) is 20.4 Å². The van der Waals surface area contributed by atoms with Crippen LogP contribution in [0.25, 0.3) is 0 Å². The Balaban J connectivity index is 0.965. The van der Waals surface area contributed by atoms with E-state index in [1.54, 1.807) is 0 Å². The van der Waals surface area contributed by atoms with Crippen molar-refractivity contribution in [1.82, 2.24) is 0 Å². The van der Waals surface area contributed by atoms with Crippen LogP contribution < -0.4 is 0 Å². The van der Waals surface area contributed by atoms with Crippen molar-refractivity contribution in [2.24, 2.45) is 10.8 Å². The van der Waals surface area contributed by atoms with Gasteiger partial charge in [-0.1, -0.05) is 59.8 Å². The molecule has 4 aliphatic rings. The van der Waals surface area contributed by atoms with Crippen LogP contribution in [-0.2, 0) is 28.4 Å². The van der Waals surface area contributed by atoms with Gasteiger partial charge in [-0.2, -0.15) is 0 Å². The molecule has 10 heteroatoms. The fourth-order valence-electron chi connectivity index (χ4n) is 7.14. The van der Waals surface area contributed by atoms with E-state index in [-0.39, 0.29) is 36.4 Å². The maximum absolute atomic E-state index is 10.2. The minimum Gasteiger partial charge on any atom is -0.388 e. The third kappa shape index (κ3) is 7.64. The van der Waals surface area contributed by atoms with Gasteiger partial charge < -0.3 is 48.8 Å². The summed E-state index contributed by atoms with van der Waals surface area (Å²) in [6.45, 7) is 15.1. The van der Waals surface area contributed by atoms with Crippen molar-refractivity contribution in [3.8, 4) is 0 Å². The first-order chi connectivity index (χ1) is 19.2. The topological polar surface area (TPSA) is 143 Å². The maximum atomic E-state index is 10.2. The number of aliphatic hydroxyl groups excluding tert-OH is 4. The molecule has 240 valence electrons. The predicted octanol–water partition coefficient (Wildman–Crippen LogP) is 2.36. The van der Waals surface area contributed by atoms with Gasteiger partial charge in [0.05, 0.1) is 44.7 Å². The molecule has 0 aromatic rings. The number of hydrogen-bond acceptors (Lipinski definition) is 10. The second-order valence-corrected chi connectivity index (χ2v) is 14.5. The molecule has 10 nitrogen and oxygen atoms in total. The smallest absolute Gasteiger partial charge is 0.121 e. The lowest BCUT2D eigenvalue weighted by Gasteiger charge is -2.32. The molecule has 0 bridgehead atoms. The molecule has 4 rings (SSSR count). The van der Waals surface area contributed by atoms with Crippen LogP contribution in [0.5, 0.6) is 0 Å². The molecule has 4 heterocycles. The minimum atomic E-state index is -0.911. The van der Waals surface area contributed by atoms with Crippen LogP contribution in [0.2, 0.25) is 0 Å². The highest BCUT2D eigenvalue weighted by molar-refractivity contribution is 5.14. The molecule has 0 radical (unpaired) electrons. The third-order valence-electron chi connectivity index (χ3n) is 9.65. The summed E-state index contributed by atoms with van der Waals surface area (Å²) >= 11 is 0.